The summed E-state index contributed by atoms with van der Waals surface area (Å²) < 4.78 is 0. The van der Waals surface area contributed by atoms with Crippen molar-refractivity contribution in [3.8, 4) is 0 Å². The fourth-order valence-electron chi connectivity index (χ4n) is 2.08. The third-order valence-electron chi connectivity index (χ3n) is 3.08. The van der Waals surface area contributed by atoms with Gasteiger partial charge in [0.05, 0.1) is 6.04 Å². The molecule has 3 N–H and O–H groups in total. The van der Waals surface area contributed by atoms with Gasteiger partial charge in [0.15, 0.2) is 5.78 Å². The maximum atomic E-state index is 11.8. The minimum atomic E-state index is -0.218. The van der Waals surface area contributed by atoms with Crippen molar-refractivity contribution in [2.24, 2.45) is 11.7 Å². The van der Waals surface area contributed by atoms with Crippen molar-refractivity contribution in [3.05, 3.63) is 0 Å². The molecule has 0 aromatic heterocycles. The van der Waals surface area contributed by atoms with Gasteiger partial charge in [-0.1, -0.05) is 19.8 Å². The zero-order chi connectivity index (χ0) is 12.0. The topological polar surface area (TPSA) is 72.2 Å². The Morgan fingerprint density at radius 3 is 2.88 bits per heavy atom. The van der Waals surface area contributed by atoms with Gasteiger partial charge in [0.2, 0.25) is 5.91 Å². The van der Waals surface area contributed by atoms with Crippen LogP contribution in [0.3, 0.4) is 0 Å². The van der Waals surface area contributed by atoms with Gasteiger partial charge in [-0.2, -0.15) is 0 Å². The van der Waals surface area contributed by atoms with Gasteiger partial charge in [0.25, 0.3) is 0 Å². The first-order chi connectivity index (χ1) is 7.63. The van der Waals surface area contributed by atoms with Crippen LogP contribution < -0.4 is 11.1 Å². The van der Waals surface area contributed by atoms with Crippen molar-refractivity contribution < 1.29 is 9.59 Å². The SMILES string of the molecule is CC(CCCCN)CC(=O)C1CCC(=O)N1. The average molecular weight is 226 g/mol. The predicted octanol–water partition coefficient (Wildman–Crippen LogP) is 0.989. The van der Waals surface area contributed by atoms with E-state index in [1.54, 1.807) is 0 Å². The van der Waals surface area contributed by atoms with Crippen LogP contribution in [0.4, 0.5) is 0 Å². The van der Waals surface area contributed by atoms with Crippen LogP contribution in [0.15, 0.2) is 0 Å². The normalized spacial score (nSPS) is 21.9. The van der Waals surface area contributed by atoms with Crippen LogP contribution in [0.2, 0.25) is 0 Å². The Morgan fingerprint density at radius 1 is 1.56 bits per heavy atom. The van der Waals surface area contributed by atoms with Crippen molar-refractivity contribution in [1.29, 1.82) is 0 Å². The number of hydrogen-bond acceptors (Lipinski definition) is 3. The van der Waals surface area contributed by atoms with Crippen molar-refractivity contribution in [2.45, 2.75) is 51.5 Å². The summed E-state index contributed by atoms with van der Waals surface area (Å²) in [7, 11) is 0. The number of unbranched alkanes of at least 4 members (excludes halogenated alkanes) is 1. The van der Waals surface area contributed by atoms with E-state index in [1.165, 1.54) is 0 Å². The lowest BCUT2D eigenvalue weighted by atomic mass is 9.95. The van der Waals surface area contributed by atoms with Gasteiger partial charge < -0.3 is 11.1 Å². The van der Waals surface area contributed by atoms with Crippen molar-refractivity contribution in [3.63, 3.8) is 0 Å². The zero-order valence-electron chi connectivity index (χ0n) is 10.00. The lowest BCUT2D eigenvalue weighted by Gasteiger charge is -2.13. The minimum Gasteiger partial charge on any atom is -0.346 e. The largest absolute Gasteiger partial charge is 0.346 e. The number of amides is 1. The van der Waals surface area contributed by atoms with Gasteiger partial charge in [0, 0.05) is 12.8 Å². The highest BCUT2D eigenvalue weighted by molar-refractivity contribution is 5.92. The fourth-order valence-corrected chi connectivity index (χ4v) is 2.08. The molecule has 0 radical (unpaired) electrons. The van der Waals surface area contributed by atoms with E-state index in [4.69, 9.17) is 5.73 Å². The molecule has 1 heterocycles. The molecular weight excluding hydrogens is 204 g/mol. The van der Waals surface area contributed by atoms with Gasteiger partial charge in [-0.15, -0.1) is 0 Å². The van der Waals surface area contributed by atoms with Crippen LogP contribution in [0.25, 0.3) is 0 Å². The monoisotopic (exact) mass is 226 g/mol. The summed E-state index contributed by atoms with van der Waals surface area (Å²) in [4.78, 5) is 22.8. The lowest BCUT2D eigenvalue weighted by Crippen LogP contribution is -2.33. The molecule has 0 bridgehead atoms. The van der Waals surface area contributed by atoms with Crippen LogP contribution in [-0.2, 0) is 9.59 Å². The Morgan fingerprint density at radius 2 is 2.31 bits per heavy atom. The molecule has 0 aromatic rings. The average Bonchev–Trinajstić information content (AvgIpc) is 2.65. The molecule has 92 valence electrons. The van der Waals surface area contributed by atoms with E-state index in [2.05, 4.69) is 12.2 Å². The summed E-state index contributed by atoms with van der Waals surface area (Å²) in [6.45, 7) is 2.81. The van der Waals surface area contributed by atoms with E-state index >= 15 is 0 Å². The summed E-state index contributed by atoms with van der Waals surface area (Å²) in [6, 6.07) is -0.218. The van der Waals surface area contributed by atoms with Crippen LogP contribution in [0.5, 0.6) is 0 Å². The number of carbonyl (C=O) groups excluding carboxylic acids is 2. The molecule has 2 atom stereocenters. The van der Waals surface area contributed by atoms with Crippen LogP contribution in [0.1, 0.15) is 45.4 Å². The second kappa shape index (κ2) is 6.63. The molecule has 16 heavy (non-hydrogen) atoms. The second-order valence-electron chi connectivity index (χ2n) is 4.72. The highest BCUT2D eigenvalue weighted by Crippen LogP contribution is 2.16. The quantitative estimate of drug-likeness (QED) is 0.636. The van der Waals surface area contributed by atoms with Gasteiger partial charge >= 0.3 is 0 Å². The van der Waals surface area contributed by atoms with E-state index < -0.39 is 0 Å². The second-order valence-corrected chi connectivity index (χ2v) is 4.72. The molecule has 4 nitrogen and oxygen atoms in total. The molecule has 1 aliphatic heterocycles. The Labute approximate surface area is 97.0 Å². The van der Waals surface area contributed by atoms with Crippen molar-refractivity contribution in [2.75, 3.05) is 6.54 Å². The molecule has 2 unspecified atom stereocenters. The van der Waals surface area contributed by atoms with E-state index in [9.17, 15) is 9.59 Å². The highest BCUT2D eigenvalue weighted by Gasteiger charge is 2.27. The van der Waals surface area contributed by atoms with Gasteiger partial charge in [-0.25, -0.2) is 0 Å². The number of Topliss-reactive ketones (excluding diaryl/α,β-unsaturated/α-hetero) is 1. The highest BCUT2D eigenvalue weighted by atomic mass is 16.2. The first kappa shape index (κ1) is 13.2. The summed E-state index contributed by atoms with van der Waals surface area (Å²) >= 11 is 0. The molecule has 0 aromatic carbocycles. The number of rotatable bonds is 7. The number of nitrogens with two attached hydrogens (primary N) is 1. The molecule has 0 aliphatic carbocycles. The molecular formula is C12H22N2O2. The zero-order valence-corrected chi connectivity index (χ0v) is 10.00. The number of hydrogen-bond donors (Lipinski definition) is 2. The molecule has 0 saturated carbocycles. The third kappa shape index (κ3) is 4.31. The molecule has 1 fully saturated rings. The van der Waals surface area contributed by atoms with Crippen molar-refractivity contribution in [1.82, 2.24) is 5.32 Å². The first-order valence-corrected chi connectivity index (χ1v) is 6.15. The number of ketones is 1. The van der Waals surface area contributed by atoms with Crippen molar-refractivity contribution >= 4 is 11.7 Å². The van der Waals surface area contributed by atoms with Gasteiger partial charge in [0.1, 0.15) is 0 Å². The Hall–Kier alpha value is -0.900. The van der Waals surface area contributed by atoms with Crippen LogP contribution >= 0.6 is 0 Å². The third-order valence-corrected chi connectivity index (χ3v) is 3.08. The maximum Gasteiger partial charge on any atom is 0.220 e. The molecule has 1 aliphatic rings. The minimum absolute atomic E-state index is 0.00846. The van der Waals surface area contributed by atoms with Crippen LogP contribution in [0, 0.1) is 5.92 Å². The van der Waals surface area contributed by atoms with E-state index in [0.29, 0.717) is 25.2 Å². The molecule has 0 spiro atoms. The Kier molecular flexibility index (Phi) is 5.46. The Bertz CT molecular complexity index is 253. The summed E-state index contributed by atoms with van der Waals surface area (Å²) in [6.07, 6.45) is 4.91. The number of carbonyl (C=O) groups is 2. The fraction of sp³-hybridized carbons (Fsp3) is 0.833. The van der Waals surface area contributed by atoms with Crippen LogP contribution in [-0.4, -0.2) is 24.3 Å². The Balaban J connectivity index is 2.20. The van der Waals surface area contributed by atoms with Gasteiger partial charge in [-0.3, -0.25) is 9.59 Å². The first-order valence-electron chi connectivity index (χ1n) is 6.15. The standard InChI is InChI=1S/C12H22N2O2/c1-9(4-2-3-7-13)8-11(15)10-5-6-12(16)14-10/h9-10H,2-8,13H2,1H3,(H,14,16). The number of nitrogens with one attached hydrogen (secondary N) is 1. The van der Waals surface area contributed by atoms with Gasteiger partial charge in [-0.05, 0) is 25.3 Å². The van der Waals surface area contributed by atoms with E-state index in [0.717, 1.165) is 25.8 Å². The predicted molar refractivity (Wildman–Crippen MR) is 62.9 cm³/mol. The van der Waals surface area contributed by atoms with E-state index in [1.807, 2.05) is 0 Å². The molecule has 1 saturated heterocycles. The molecule has 1 rings (SSSR count). The van der Waals surface area contributed by atoms with E-state index in [-0.39, 0.29) is 17.7 Å². The summed E-state index contributed by atoms with van der Waals surface area (Å²) in [5.74, 6) is 0.594. The maximum absolute atomic E-state index is 11.8. The summed E-state index contributed by atoms with van der Waals surface area (Å²) in [5, 5.41) is 2.72. The molecule has 1 amide bonds. The lowest BCUT2D eigenvalue weighted by molar-refractivity contribution is -0.124. The smallest absolute Gasteiger partial charge is 0.220 e. The summed E-state index contributed by atoms with van der Waals surface area (Å²) in [5.41, 5.74) is 5.42. The molecule has 4 heteroatoms.